The second-order valence-corrected chi connectivity index (χ2v) is 6.82. The number of anilines is 1. The monoisotopic (exact) mass is 362 g/mol. The van der Waals surface area contributed by atoms with Crippen molar-refractivity contribution in [1.82, 2.24) is 14.8 Å². The number of nitrogens with one attached hydrogen (secondary N) is 1. The molecular weight excluding hydrogens is 348 g/mol. The first-order valence-corrected chi connectivity index (χ1v) is 8.51. The quantitative estimate of drug-likeness (QED) is 0.677. The Hall–Kier alpha value is -2.25. The molecule has 8 heteroatoms. The number of benzene rings is 1. The summed E-state index contributed by atoms with van der Waals surface area (Å²) in [4.78, 5) is 12.3. The number of aromatic nitrogens is 3. The van der Waals surface area contributed by atoms with Crippen molar-refractivity contribution in [3.05, 3.63) is 59.8 Å². The van der Waals surface area contributed by atoms with Crippen molar-refractivity contribution in [3.63, 3.8) is 0 Å². The molecule has 0 aliphatic rings. The Morgan fingerprint density at radius 3 is 2.88 bits per heavy atom. The van der Waals surface area contributed by atoms with Crippen LogP contribution in [-0.2, 0) is 11.3 Å². The number of hydrogen-bond donors (Lipinski definition) is 1. The summed E-state index contributed by atoms with van der Waals surface area (Å²) in [6, 6.07) is 10.7. The largest absolute Gasteiger partial charge is 0.467 e. The van der Waals surface area contributed by atoms with E-state index in [0.717, 1.165) is 5.76 Å². The van der Waals surface area contributed by atoms with Crippen LogP contribution in [0.2, 0.25) is 5.02 Å². The minimum Gasteiger partial charge on any atom is -0.467 e. The van der Waals surface area contributed by atoms with E-state index in [1.165, 1.54) is 11.8 Å². The number of rotatable bonds is 6. The van der Waals surface area contributed by atoms with Gasteiger partial charge in [-0.25, -0.2) is 0 Å². The van der Waals surface area contributed by atoms with E-state index >= 15 is 0 Å². The number of halogens is 1. The molecule has 1 aromatic carbocycles. The highest BCUT2D eigenvalue weighted by Crippen LogP contribution is 2.23. The van der Waals surface area contributed by atoms with Crippen LogP contribution in [0.25, 0.3) is 0 Å². The Labute approximate surface area is 148 Å². The molecule has 6 nitrogen and oxygen atoms in total. The van der Waals surface area contributed by atoms with Crippen LogP contribution in [-0.4, -0.2) is 25.9 Å². The van der Waals surface area contributed by atoms with Crippen molar-refractivity contribution in [2.45, 2.75) is 23.9 Å². The van der Waals surface area contributed by atoms with Gasteiger partial charge in [-0.1, -0.05) is 23.4 Å². The number of carbonyl (C=O) groups is 1. The Morgan fingerprint density at radius 1 is 1.38 bits per heavy atom. The zero-order valence-electron chi connectivity index (χ0n) is 12.8. The molecule has 3 rings (SSSR count). The number of carbonyl (C=O) groups excluding carboxylic acids is 1. The van der Waals surface area contributed by atoms with Gasteiger partial charge in [-0.05, 0) is 43.3 Å². The van der Waals surface area contributed by atoms with Gasteiger partial charge in [0.1, 0.15) is 12.1 Å². The molecule has 0 bridgehead atoms. The van der Waals surface area contributed by atoms with Gasteiger partial charge in [-0.15, -0.1) is 10.2 Å². The highest BCUT2D eigenvalue weighted by atomic mass is 35.5. The summed E-state index contributed by atoms with van der Waals surface area (Å²) in [5, 5.41) is 11.8. The summed E-state index contributed by atoms with van der Waals surface area (Å²) in [7, 11) is 0. The third kappa shape index (κ3) is 4.18. The second-order valence-electron chi connectivity index (χ2n) is 5.08. The summed E-state index contributed by atoms with van der Waals surface area (Å²) >= 11 is 7.18. The number of thioether (sulfide) groups is 1. The SMILES string of the molecule is CC(Sc1nncn1Cc1ccco1)C(=O)Nc1ccc(Cl)cc1. The Balaban J connectivity index is 1.62. The molecule has 0 saturated heterocycles. The molecule has 24 heavy (non-hydrogen) atoms. The molecule has 1 N–H and O–H groups in total. The van der Waals surface area contributed by atoms with E-state index in [1.807, 2.05) is 23.6 Å². The van der Waals surface area contributed by atoms with Crippen LogP contribution in [0, 0.1) is 0 Å². The fourth-order valence-corrected chi connectivity index (χ4v) is 2.95. The normalized spacial score (nSPS) is 12.1. The average molecular weight is 363 g/mol. The zero-order valence-corrected chi connectivity index (χ0v) is 14.4. The molecule has 3 aromatic rings. The van der Waals surface area contributed by atoms with Gasteiger partial charge in [0.15, 0.2) is 5.16 Å². The first-order valence-electron chi connectivity index (χ1n) is 7.25. The van der Waals surface area contributed by atoms with Gasteiger partial charge in [-0.2, -0.15) is 0 Å². The predicted octanol–water partition coefficient (Wildman–Crippen LogP) is 3.69. The maximum Gasteiger partial charge on any atom is 0.237 e. The van der Waals surface area contributed by atoms with Crippen molar-refractivity contribution >= 4 is 35.0 Å². The van der Waals surface area contributed by atoms with E-state index in [-0.39, 0.29) is 11.2 Å². The lowest BCUT2D eigenvalue weighted by molar-refractivity contribution is -0.115. The molecule has 1 atom stereocenters. The Morgan fingerprint density at radius 2 is 2.17 bits per heavy atom. The Kier molecular flexibility index (Phi) is 5.22. The van der Waals surface area contributed by atoms with Crippen LogP contribution in [0.15, 0.2) is 58.6 Å². The first-order chi connectivity index (χ1) is 11.6. The molecule has 1 amide bonds. The molecule has 2 aromatic heterocycles. The van der Waals surface area contributed by atoms with Gasteiger partial charge in [0, 0.05) is 10.7 Å². The van der Waals surface area contributed by atoms with E-state index in [1.54, 1.807) is 36.9 Å². The van der Waals surface area contributed by atoms with Crippen LogP contribution in [0.5, 0.6) is 0 Å². The fraction of sp³-hybridized carbons (Fsp3) is 0.188. The maximum absolute atomic E-state index is 12.3. The highest BCUT2D eigenvalue weighted by Gasteiger charge is 2.18. The van der Waals surface area contributed by atoms with E-state index in [0.29, 0.717) is 22.4 Å². The second kappa shape index (κ2) is 7.55. The lowest BCUT2D eigenvalue weighted by atomic mass is 10.3. The minimum atomic E-state index is -0.333. The van der Waals surface area contributed by atoms with Crippen molar-refractivity contribution in [2.24, 2.45) is 0 Å². The molecule has 0 fully saturated rings. The van der Waals surface area contributed by atoms with Gasteiger partial charge in [0.05, 0.1) is 18.1 Å². The molecule has 0 spiro atoms. The van der Waals surface area contributed by atoms with E-state index in [4.69, 9.17) is 16.0 Å². The molecule has 0 aliphatic heterocycles. The molecule has 0 aliphatic carbocycles. The summed E-state index contributed by atoms with van der Waals surface area (Å²) in [6.45, 7) is 2.34. The minimum absolute atomic E-state index is 0.116. The van der Waals surface area contributed by atoms with Crippen molar-refractivity contribution in [3.8, 4) is 0 Å². The number of nitrogens with zero attached hydrogens (tertiary/aromatic N) is 3. The predicted molar refractivity (Wildman–Crippen MR) is 93.2 cm³/mol. The van der Waals surface area contributed by atoms with Gasteiger partial charge >= 0.3 is 0 Å². The third-order valence-corrected chi connectivity index (χ3v) is 4.60. The van der Waals surface area contributed by atoms with Crippen LogP contribution in [0.3, 0.4) is 0 Å². The number of furan rings is 1. The smallest absolute Gasteiger partial charge is 0.237 e. The first kappa shape index (κ1) is 16.6. The standard InChI is InChI=1S/C16H15ClN4O2S/c1-11(15(22)19-13-6-4-12(17)5-7-13)24-16-20-18-10-21(16)9-14-3-2-8-23-14/h2-8,10-11H,9H2,1H3,(H,19,22). The summed E-state index contributed by atoms with van der Waals surface area (Å²) in [5.74, 6) is 0.685. The molecule has 0 radical (unpaired) electrons. The van der Waals surface area contributed by atoms with Crippen LogP contribution >= 0.6 is 23.4 Å². The average Bonchev–Trinajstić information content (AvgIpc) is 3.22. The fourth-order valence-electron chi connectivity index (χ4n) is 2.00. The van der Waals surface area contributed by atoms with Gasteiger partial charge in [0.2, 0.25) is 5.91 Å². The van der Waals surface area contributed by atoms with Crippen LogP contribution in [0.1, 0.15) is 12.7 Å². The summed E-state index contributed by atoms with van der Waals surface area (Å²) < 4.78 is 7.17. The van der Waals surface area contributed by atoms with Crippen molar-refractivity contribution < 1.29 is 9.21 Å². The molecule has 2 heterocycles. The van der Waals surface area contributed by atoms with Crippen molar-refractivity contribution in [1.29, 1.82) is 0 Å². The number of hydrogen-bond acceptors (Lipinski definition) is 5. The molecule has 0 saturated carbocycles. The van der Waals surface area contributed by atoms with E-state index in [2.05, 4.69) is 15.5 Å². The Bertz CT molecular complexity index is 802. The van der Waals surface area contributed by atoms with Gasteiger partial charge < -0.3 is 14.3 Å². The lowest BCUT2D eigenvalue weighted by Crippen LogP contribution is -2.22. The molecule has 124 valence electrons. The maximum atomic E-state index is 12.3. The lowest BCUT2D eigenvalue weighted by Gasteiger charge is -2.12. The van der Waals surface area contributed by atoms with E-state index in [9.17, 15) is 4.79 Å². The molecule has 1 unspecified atom stereocenters. The molecular formula is C16H15ClN4O2S. The number of amides is 1. The van der Waals surface area contributed by atoms with E-state index < -0.39 is 0 Å². The topological polar surface area (TPSA) is 73.0 Å². The highest BCUT2D eigenvalue weighted by molar-refractivity contribution is 8.00. The summed E-state index contributed by atoms with van der Waals surface area (Å²) in [5.41, 5.74) is 0.703. The third-order valence-electron chi connectivity index (χ3n) is 3.25. The van der Waals surface area contributed by atoms with Crippen LogP contribution in [0.4, 0.5) is 5.69 Å². The van der Waals surface area contributed by atoms with Gasteiger partial charge in [-0.3, -0.25) is 4.79 Å². The van der Waals surface area contributed by atoms with Crippen molar-refractivity contribution in [2.75, 3.05) is 5.32 Å². The zero-order chi connectivity index (χ0) is 16.9. The van der Waals surface area contributed by atoms with Crippen LogP contribution < -0.4 is 5.32 Å². The summed E-state index contributed by atoms with van der Waals surface area (Å²) in [6.07, 6.45) is 3.24. The van der Waals surface area contributed by atoms with Gasteiger partial charge in [0.25, 0.3) is 0 Å².